The third-order valence-electron chi connectivity index (χ3n) is 13.3. The van der Waals surface area contributed by atoms with Crippen molar-refractivity contribution in [2.75, 3.05) is 6.61 Å². The molecule has 0 aromatic rings. The van der Waals surface area contributed by atoms with Gasteiger partial charge in [0.1, 0.15) is 0 Å². The van der Waals surface area contributed by atoms with Crippen molar-refractivity contribution in [2.45, 2.75) is 116 Å². The van der Waals surface area contributed by atoms with Crippen molar-refractivity contribution in [3.8, 4) is 0 Å². The summed E-state index contributed by atoms with van der Waals surface area (Å²) in [5.74, 6) is 1.69. The topological polar surface area (TPSA) is 57.5 Å². The molecule has 184 valence electrons. The maximum atomic E-state index is 13.2. The monoisotopic (exact) mass is 472 g/mol. The Labute approximate surface area is 202 Å². The highest BCUT2D eigenvalue weighted by Crippen LogP contribution is 2.89. The maximum Gasteiger partial charge on any atom is 0.160 e. The number of Topliss-reactive ketones (excluding diaryl/α,β-unsaturated/α-hetero) is 1. The van der Waals surface area contributed by atoms with Crippen molar-refractivity contribution >= 4 is 14.4 Å². The summed E-state index contributed by atoms with van der Waals surface area (Å²) >= 11 is 0. The van der Waals surface area contributed by atoms with E-state index in [9.17, 15) is 15.0 Å². The molecule has 1 aliphatic heterocycles. The molecule has 33 heavy (non-hydrogen) atoms. The second kappa shape index (κ2) is 6.54. The zero-order chi connectivity index (χ0) is 23.8. The minimum absolute atomic E-state index is 0.108. The molecule has 0 amide bonds. The van der Waals surface area contributed by atoms with Gasteiger partial charge in [-0.25, -0.2) is 0 Å². The van der Waals surface area contributed by atoms with Crippen LogP contribution in [0.15, 0.2) is 11.1 Å². The van der Waals surface area contributed by atoms with Crippen LogP contribution in [0.4, 0.5) is 0 Å². The first-order valence-corrected chi connectivity index (χ1v) is 14.7. The molecule has 1 saturated heterocycles. The van der Waals surface area contributed by atoms with Crippen LogP contribution in [0.1, 0.15) is 99.3 Å². The smallest absolute Gasteiger partial charge is 0.160 e. The van der Waals surface area contributed by atoms with Gasteiger partial charge in [-0.3, -0.25) is 4.79 Å². The lowest BCUT2D eigenvalue weighted by atomic mass is 9.34. The lowest BCUT2D eigenvalue weighted by molar-refractivity contribution is -0.189. The first kappa shape index (κ1) is 23.2. The number of carbonyl (C=O) groups is 1. The van der Waals surface area contributed by atoms with Crippen LogP contribution >= 0.6 is 8.58 Å². The second-order valence-corrected chi connectivity index (χ2v) is 16.4. The van der Waals surface area contributed by atoms with E-state index in [1.54, 1.807) is 0 Å². The van der Waals surface area contributed by atoms with Gasteiger partial charge in [-0.15, -0.1) is 8.58 Å². The number of fused-ring (bicyclic) bond motifs is 6. The molecule has 6 rings (SSSR count). The molecule has 4 heteroatoms. The first-order valence-electron chi connectivity index (χ1n) is 13.7. The first-order chi connectivity index (χ1) is 15.4. The molecule has 6 aliphatic rings. The molecule has 1 heterocycles. The Morgan fingerprint density at radius 3 is 2.30 bits per heavy atom. The van der Waals surface area contributed by atoms with Crippen LogP contribution in [0.2, 0.25) is 0 Å². The standard InChI is InChI=1S/C29H45O3P/c1-17(2)22-19(31)15-28(16-30)13-11-24(3)18(23(22)28)7-8-20-25(24,4)12-14-29-26(20,5)10-9-21(32)27(29,6)33-29/h17-18,20-21,30,32-33H,7-16H2,1-6H3/t18-,20?,21+,24-,25-,26-,27-,28+,29+/m1/s1. The minimum Gasteiger partial charge on any atom is -0.395 e. The van der Waals surface area contributed by atoms with Crippen molar-refractivity contribution in [2.24, 2.45) is 39.4 Å². The van der Waals surface area contributed by atoms with Crippen molar-refractivity contribution in [1.29, 1.82) is 0 Å². The average molecular weight is 473 g/mol. The number of aliphatic hydroxyl groups excluding tert-OH is 2. The van der Waals surface area contributed by atoms with Gasteiger partial charge in [0.15, 0.2) is 5.78 Å². The van der Waals surface area contributed by atoms with E-state index in [4.69, 9.17) is 0 Å². The SMILES string of the molecule is CC(C)C1=C2[C@H]3CCC4[C@@]5(C)CC[C@H](O)[C@@]6(C)P[C@@]56CC[C@@]4(C)[C@]3(C)CC[C@@]2(CO)CC1=O. The fraction of sp³-hybridized carbons (Fsp3) is 0.897. The fourth-order valence-electron chi connectivity index (χ4n) is 11.2. The summed E-state index contributed by atoms with van der Waals surface area (Å²) in [6.45, 7) is 14.7. The number of carbonyl (C=O) groups excluding carboxylic acids is 1. The number of rotatable bonds is 2. The zero-order valence-electron chi connectivity index (χ0n) is 21.7. The number of hydrogen-bond donors (Lipinski definition) is 2. The highest BCUT2D eigenvalue weighted by atomic mass is 31.1. The van der Waals surface area contributed by atoms with E-state index in [0.717, 1.165) is 33.4 Å². The molecule has 5 fully saturated rings. The van der Waals surface area contributed by atoms with Gasteiger partial charge in [-0.2, -0.15) is 0 Å². The molecular weight excluding hydrogens is 427 g/mol. The lowest BCUT2D eigenvalue weighted by Gasteiger charge is -2.71. The molecule has 0 aromatic carbocycles. The summed E-state index contributed by atoms with van der Waals surface area (Å²) in [6, 6.07) is 0. The van der Waals surface area contributed by atoms with Gasteiger partial charge in [0, 0.05) is 22.1 Å². The normalized spacial score (nSPS) is 58.0. The molecule has 2 N–H and O–H groups in total. The molecule has 3 nitrogen and oxygen atoms in total. The average Bonchev–Trinajstić information content (AvgIpc) is 3.29. The summed E-state index contributed by atoms with van der Waals surface area (Å²) in [5, 5.41) is 22.1. The van der Waals surface area contributed by atoms with Crippen LogP contribution in [-0.2, 0) is 4.79 Å². The third-order valence-corrected chi connectivity index (χ3v) is 16.1. The predicted octanol–water partition coefficient (Wildman–Crippen LogP) is 5.87. The molecule has 2 unspecified atom stereocenters. The van der Waals surface area contributed by atoms with E-state index < -0.39 is 0 Å². The number of ketones is 1. The fourth-order valence-corrected chi connectivity index (χ4v) is 13.8. The number of hydrogen-bond acceptors (Lipinski definition) is 3. The lowest BCUT2D eigenvalue weighted by Crippen LogP contribution is -2.66. The molecule has 0 radical (unpaired) electrons. The minimum atomic E-state index is -0.282. The number of allylic oxidation sites excluding steroid dienone is 1. The van der Waals surface area contributed by atoms with E-state index in [1.165, 1.54) is 37.7 Å². The summed E-state index contributed by atoms with van der Waals surface area (Å²) in [6.07, 6.45) is 9.64. The summed E-state index contributed by atoms with van der Waals surface area (Å²) in [7, 11) is 0.920. The highest BCUT2D eigenvalue weighted by Gasteiger charge is 2.81. The van der Waals surface area contributed by atoms with Crippen molar-refractivity contribution in [3.05, 3.63) is 11.1 Å². The Hall–Kier alpha value is -0.240. The van der Waals surface area contributed by atoms with Crippen LogP contribution in [0.3, 0.4) is 0 Å². The Morgan fingerprint density at radius 1 is 0.939 bits per heavy atom. The van der Waals surface area contributed by atoms with E-state index >= 15 is 0 Å². The predicted molar refractivity (Wildman–Crippen MR) is 135 cm³/mol. The van der Waals surface area contributed by atoms with Crippen LogP contribution in [0.25, 0.3) is 0 Å². The molecule has 4 saturated carbocycles. The van der Waals surface area contributed by atoms with Crippen LogP contribution in [0, 0.1) is 39.4 Å². The Bertz CT molecular complexity index is 957. The summed E-state index contributed by atoms with van der Waals surface area (Å²) in [4.78, 5) is 13.2. The maximum absolute atomic E-state index is 13.2. The van der Waals surface area contributed by atoms with Gasteiger partial charge in [0.2, 0.25) is 0 Å². The van der Waals surface area contributed by atoms with E-state index in [2.05, 4.69) is 41.5 Å². The molecule has 10 atom stereocenters. The highest BCUT2D eigenvalue weighted by molar-refractivity contribution is 7.52. The van der Waals surface area contributed by atoms with Gasteiger partial charge in [-0.1, -0.05) is 47.1 Å². The van der Waals surface area contributed by atoms with Crippen LogP contribution in [0.5, 0.6) is 0 Å². The summed E-state index contributed by atoms with van der Waals surface area (Å²) < 4.78 is 0. The van der Waals surface area contributed by atoms with Gasteiger partial charge >= 0.3 is 0 Å². The van der Waals surface area contributed by atoms with E-state index in [1.807, 2.05) is 0 Å². The van der Waals surface area contributed by atoms with Crippen molar-refractivity contribution in [1.82, 2.24) is 0 Å². The molecule has 0 bridgehead atoms. The largest absolute Gasteiger partial charge is 0.395 e. The molecule has 1 spiro atoms. The second-order valence-electron chi connectivity index (χ2n) is 14.2. The Kier molecular flexibility index (Phi) is 4.60. The van der Waals surface area contributed by atoms with Crippen LogP contribution in [-0.4, -0.2) is 39.0 Å². The van der Waals surface area contributed by atoms with Crippen molar-refractivity contribution < 1.29 is 15.0 Å². The van der Waals surface area contributed by atoms with Gasteiger partial charge in [0.05, 0.1) is 12.7 Å². The van der Waals surface area contributed by atoms with Crippen LogP contribution < -0.4 is 0 Å². The number of aliphatic hydroxyl groups is 2. The van der Waals surface area contributed by atoms with Gasteiger partial charge < -0.3 is 10.2 Å². The van der Waals surface area contributed by atoms with E-state index in [-0.39, 0.29) is 40.0 Å². The zero-order valence-corrected chi connectivity index (χ0v) is 22.7. The molecule has 5 aliphatic carbocycles. The third kappa shape index (κ3) is 2.33. The Morgan fingerprint density at radius 2 is 1.64 bits per heavy atom. The van der Waals surface area contributed by atoms with E-state index in [0.29, 0.717) is 34.6 Å². The quantitative estimate of drug-likeness (QED) is 0.495. The molecular formula is C29H45O3P. The Balaban J connectivity index is 1.46. The van der Waals surface area contributed by atoms with Gasteiger partial charge in [0.25, 0.3) is 0 Å². The summed E-state index contributed by atoms with van der Waals surface area (Å²) in [5.41, 5.74) is 2.96. The van der Waals surface area contributed by atoms with Gasteiger partial charge in [-0.05, 0) is 90.9 Å². The van der Waals surface area contributed by atoms with Crippen molar-refractivity contribution in [3.63, 3.8) is 0 Å². The molecule has 0 aromatic heterocycles.